The summed E-state index contributed by atoms with van der Waals surface area (Å²) >= 11 is 0. The standard InChI is InChI=1S/C22H36N6O3/c1-15(29)27-19-10-9-17(28-21(30)18(23)8-5-12-26-22(24)25)14-20(19)31-13-11-16-6-3-2-4-7-16/h9-10,14,16,18H,2-8,11-13,23H2,1H3,(H,27,29)(H,28,30)(H4,24,25,26)/t18-/m0/s1. The van der Waals surface area contributed by atoms with E-state index in [9.17, 15) is 9.59 Å². The molecule has 2 rings (SSSR count). The number of anilines is 2. The molecule has 0 bridgehead atoms. The molecular formula is C22H36N6O3. The highest BCUT2D eigenvalue weighted by atomic mass is 16.5. The summed E-state index contributed by atoms with van der Waals surface area (Å²) in [5.41, 5.74) is 17.7. The third-order valence-corrected chi connectivity index (χ3v) is 5.37. The number of nitrogens with two attached hydrogens (primary N) is 3. The van der Waals surface area contributed by atoms with Gasteiger partial charge in [-0.25, -0.2) is 0 Å². The Bertz CT molecular complexity index is 758. The van der Waals surface area contributed by atoms with E-state index >= 15 is 0 Å². The maximum atomic E-state index is 12.4. The molecule has 2 amide bonds. The molecule has 0 unspecified atom stereocenters. The average molecular weight is 433 g/mol. The van der Waals surface area contributed by atoms with Crippen LogP contribution in [0.4, 0.5) is 11.4 Å². The quantitative estimate of drug-likeness (QED) is 0.205. The number of carbonyl (C=O) groups excluding carboxylic acids is 2. The number of ether oxygens (including phenoxy) is 1. The zero-order valence-corrected chi connectivity index (χ0v) is 18.4. The Kier molecular flexibility index (Phi) is 10.1. The summed E-state index contributed by atoms with van der Waals surface area (Å²) in [4.78, 5) is 27.8. The van der Waals surface area contributed by atoms with Gasteiger partial charge in [0.2, 0.25) is 11.8 Å². The number of carbonyl (C=O) groups is 2. The molecule has 9 heteroatoms. The molecule has 0 spiro atoms. The third kappa shape index (κ3) is 9.25. The highest BCUT2D eigenvalue weighted by Gasteiger charge is 2.16. The van der Waals surface area contributed by atoms with Crippen LogP contribution < -0.4 is 32.6 Å². The summed E-state index contributed by atoms with van der Waals surface area (Å²) < 4.78 is 5.99. The van der Waals surface area contributed by atoms with Gasteiger partial charge in [-0.15, -0.1) is 0 Å². The van der Waals surface area contributed by atoms with Crippen LogP contribution in [0.15, 0.2) is 23.2 Å². The van der Waals surface area contributed by atoms with Crippen LogP contribution in [0.25, 0.3) is 0 Å². The van der Waals surface area contributed by atoms with E-state index in [1.54, 1.807) is 18.2 Å². The number of hydrogen-bond acceptors (Lipinski definition) is 5. The first-order valence-electron chi connectivity index (χ1n) is 11.0. The van der Waals surface area contributed by atoms with Gasteiger partial charge in [0.05, 0.1) is 18.3 Å². The van der Waals surface area contributed by atoms with E-state index in [0.29, 0.717) is 49.0 Å². The van der Waals surface area contributed by atoms with Crippen LogP contribution in [-0.2, 0) is 9.59 Å². The van der Waals surface area contributed by atoms with Gasteiger partial charge < -0.3 is 32.6 Å². The van der Waals surface area contributed by atoms with Crippen LogP contribution in [0.1, 0.15) is 58.3 Å². The predicted octanol–water partition coefficient (Wildman–Crippen LogP) is 2.31. The van der Waals surface area contributed by atoms with Crippen LogP contribution in [0.3, 0.4) is 0 Å². The fraction of sp³-hybridized carbons (Fsp3) is 0.591. The van der Waals surface area contributed by atoms with Crippen molar-refractivity contribution in [3.63, 3.8) is 0 Å². The molecule has 1 aromatic carbocycles. The van der Waals surface area contributed by atoms with Crippen molar-refractivity contribution in [2.24, 2.45) is 28.1 Å². The van der Waals surface area contributed by atoms with Crippen molar-refractivity contribution in [3.8, 4) is 5.75 Å². The highest BCUT2D eigenvalue weighted by molar-refractivity contribution is 5.96. The first kappa shape index (κ1) is 24.5. The minimum atomic E-state index is -0.681. The molecule has 0 radical (unpaired) electrons. The Balaban J connectivity index is 1.94. The second-order valence-corrected chi connectivity index (χ2v) is 8.08. The maximum Gasteiger partial charge on any atom is 0.241 e. The molecule has 8 N–H and O–H groups in total. The normalized spacial score (nSPS) is 15.0. The first-order valence-corrected chi connectivity index (χ1v) is 11.0. The van der Waals surface area contributed by atoms with Crippen LogP contribution in [0.2, 0.25) is 0 Å². The van der Waals surface area contributed by atoms with Crippen LogP contribution in [-0.4, -0.2) is 37.0 Å². The summed E-state index contributed by atoms with van der Waals surface area (Å²) in [5.74, 6) is 0.762. The number of rotatable bonds is 11. The van der Waals surface area contributed by atoms with Gasteiger partial charge in [0.15, 0.2) is 5.96 Å². The molecule has 0 aliphatic heterocycles. The Hall–Kier alpha value is -2.81. The van der Waals surface area contributed by atoms with Gasteiger partial charge in [-0.2, -0.15) is 0 Å². The predicted molar refractivity (Wildman–Crippen MR) is 124 cm³/mol. The smallest absolute Gasteiger partial charge is 0.241 e. The van der Waals surface area contributed by atoms with Gasteiger partial charge in [-0.05, 0) is 37.3 Å². The lowest BCUT2D eigenvalue weighted by Crippen LogP contribution is -2.35. The van der Waals surface area contributed by atoms with Gasteiger partial charge in [0.25, 0.3) is 0 Å². The molecule has 0 saturated heterocycles. The van der Waals surface area contributed by atoms with Gasteiger partial charge in [0.1, 0.15) is 5.75 Å². The van der Waals surface area contributed by atoms with Crippen LogP contribution >= 0.6 is 0 Å². The van der Waals surface area contributed by atoms with Gasteiger partial charge in [0, 0.05) is 25.2 Å². The van der Waals surface area contributed by atoms with Crippen molar-refractivity contribution < 1.29 is 14.3 Å². The molecule has 1 saturated carbocycles. The summed E-state index contributed by atoms with van der Waals surface area (Å²) in [6, 6.07) is 4.47. The van der Waals surface area contributed by atoms with Crippen molar-refractivity contribution >= 4 is 29.1 Å². The number of guanidine groups is 1. The Labute approximate surface area is 184 Å². The van der Waals surface area contributed by atoms with Crippen LogP contribution in [0.5, 0.6) is 5.75 Å². The maximum absolute atomic E-state index is 12.4. The van der Waals surface area contributed by atoms with Gasteiger partial charge in [-0.3, -0.25) is 14.6 Å². The fourth-order valence-corrected chi connectivity index (χ4v) is 3.71. The van der Waals surface area contributed by atoms with E-state index in [2.05, 4.69) is 15.6 Å². The van der Waals surface area contributed by atoms with Crippen molar-refractivity contribution in [1.82, 2.24) is 0 Å². The van der Waals surface area contributed by atoms with Gasteiger partial charge >= 0.3 is 0 Å². The summed E-state index contributed by atoms with van der Waals surface area (Å²) in [6.45, 7) is 2.44. The number of aliphatic imine (C=N–C) groups is 1. The number of hydrogen-bond donors (Lipinski definition) is 5. The fourth-order valence-electron chi connectivity index (χ4n) is 3.71. The minimum Gasteiger partial charge on any atom is -0.491 e. The molecule has 1 atom stereocenters. The average Bonchev–Trinajstić information content (AvgIpc) is 2.73. The Morgan fingerprint density at radius 3 is 2.61 bits per heavy atom. The van der Waals surface area contributed by atoms with Crippen molar-refractivity contribution in [1.29, 1.82) is 0 Å². The lowest BCUT2D eigenvalue weighted by atomic mass is 9.87. The SMILES string of the molecule is CC(=O)Nc1ccc(NC(=O)[C@@H](N)CCCN=C(N)N)cc1OCCC1CCCCC1. The lowest BCUT2D eigenvalue weighted by molar-refractivity contribution is -0.117. The van der Waals surface area contributed by atoms with E-state index in [1.807, 2.05) is 0 Å². The van der Waals surface area contributed by atoms with E-state index in [4.69, 9.17) is 21.9 Å². The molecule has 0 aromatic heterocycles. The molecule has 1 aromatic rings. The zero-order chi connectivity index (χ0) is 22.6. The zero-order valence-electron chi connectivity index (χ0n) is 18.4. The largest absolute Gasteiger partial charge is 0.491 e. The molecule has 1 fully saturated rings. The molecule has 1 aliphatic carbocycles. The van der Waals surface area contributed by atoms with E-state index in [0.717, 1.165) is 6.42 Å². The highest BCUT2D eigenvalue weighted by Crippen LogP contribution is 2.30. The molecule has 1 aliphatic rings. The number of amides is 2. The molecular weight excluding hydrogens is 396 g/mol. The monoisotopic (exact) mass is 432 g/mol. The Morgan fingerprint density at radius 2 is 1.94 bits per heavy atom. The van der Waals surface area contributed by atoms with Gasteiger partial charge in [-0.1, -0.05) is 32.1 Å². The first-order chi connectivity index (χ1) is 14.8. The summed E-state index contributed by atoms with van der Waals surface area (Å²) in [7, 11) is 0. The van der Waals surface area contributed by atoms with Crippen molar-refractivity contribution in [3.05, 3.63) is 18.2 Å². The number of benzene rings is 1. The molecule has 9 nitrogen and oxygen atoms in total. The Morgan fingerprint density at radius 1 is 1.19 bits per heavy atom. The lowest BCUT2D eigenvalue weighted by Gasteiger charge is -2.22. The van der Waals surface area contributed by atoms with Crippen LogP contribution in [0, 0.1) is 5.92 Å². The third-order valence-electron chi connectivity index (χ3n) is 5.37. The molecule has 0 heterocycles. The second-order valence-electron chi connectivity index (χ2n) is 8.08. The van der Waals surface area contributed by atoms with Crippen molar-refractivity contribution in [2.45, 2.75) is 64.3 Å². The molecule has 172 valence electrons. The van der Waals surface area contributed by atoms with Crippen molar-refractivity contribution in [2.75, 3.05) is 23.8 Å². The summed E-state index contributed by atoms with van der Waals surface area (Å²) in [5, 5.41) is 5.58. The van der Waals surface area contributed by atoms with E-state index in [-0.39, 0.29) is 17.8 Å². The van der Waals surface area contributed by atoms with E-state index < -0.39 is 6.04 Å². The summed E-state index contributed by atoms with van der Waals surface area (Å²) in [6.07, 6.45) is 8.43. The second kappa shape index (κ2) is 12.8. The minimum absolute atomic E-state index is 0.0216. The number of nitrogens with zero attached hydrogens (tertiary/aromatic N) is 1. The molecule has 31 heavy (non-hydrogen) atoms. The number of nitrogens with one attached hydrogen (secondary N) is 2. The topological polar surface area (TPSA) is 158 Å². The van der Waals surface area contributed by atoms with E-state index in [1.165, 1.54) is 39.0 Å².